The van der Waals surface area contributed by atoms with Crippen LogP contribution in [0.1, 0.15) is 0 Å². The molecule has 1 atom stereocenters. The van der Waals surface area contributed by atoms with Gasteiger partial charge in [0.1, 0.15) is 0 Å². The lowest BCUT2D eigenvalue weighted by atomic mass is 10.3. The molecule has 0 amide bonds. The minimum atomic E-state index is -0.943. The Balaban J connectivity index is 2.69. The van der Waals surface area contributed by atoms with Gasteiger partial charge in [-0.15, -0.1) is 0 Å². The summed E-state index contributed by atoms with van der Waals surface area (Å²) in [6.07, 6.45) is -0.943. The zero-order valence-electron chi connectivity index (χ0n) is 6.58. The van der Waals surface area contributed by atoms with Crippen LogP contribution in [-0.4, -0.2) is 13.5 Å². The molecule has 1 rings (SSSR count). The molecule has 2 N–H and O–H groups in total. The molecular formula is C8H9FNO2. The average molecular weight is 170 g/mol. The Bertz CT molecular complexity index is 255. The summed E-state index contributed by atoms with van der Waals surface area (Å²) < 4.78 is 22.3. The van der Waals surface area contributed by atoms with Crippen LogP contribution in [0.2, 0.25) is 0 Å². The first kappa shape index (κ1) is 8.96. The summed E-state index contributed by atoms with van der Waals surface area (Å²) in [4.78, 5) is 0. The maximum atomic E-state index is 12.8. The normalized spacial score (nSPS) is 12.6. The molecule has 0 aliphatic carbocycles. The van der Waals surface area contributed by atoms with E-state index < -0.39 is 12.2 Å². The lowest BCUT2D eigenvalue weighted by molar-refractivity contribution is -0.0498. The minimum absolute atomic E-state index is 0.0584. The molecular weight excluding hydrogens is 161 g/mol. The molecule has 0 fully saturated rings. The molecule has 0 saturated carbocycles. The second-order valence-corrected chi connectivity index (χ2v) is 2.08. The van der Waals surface area contributed by atoms with Crippen molar-refractivity contribution in [2.24, 2.45) is 5.73 Å². The fraction of sp³-hybridized carbons (Fsp3) is 0.250. The lowest BCUT2D eigenvalue weighted by Gasteiger charge is -2.12. The molecule has 0 bridgehead atoms. The maximum absolute atomic E-state index is 12.8. The Morgan fingerprint density at radius 3 is 3.00 bits per heavy atom. The molecule has 0 aliphatic rings. The monoisotopic (exact) mass is 170 g/mol. The van der Waals surface area contributed by atoms with Crippen molar-refractivity contribution < 1.29 is 13.9 Å². The lowest BCUT2D eigenvalue weighted by Crippen LogP contribution is -2.29. The Labute approximate surface area is 69.9 Å². The number of nitrogens with two attached hydrogens (primary N) is 1. The molecule has 12 heavy (non-hydrogen) atoms. The molecule has 1 radical (unpaired) electrons. The second kappa shape index (κ2) is 4.04. The number of halogens is 1. The van der Waals surface area contributed by atoms with E-state index in [1.165, 1.54) is 19.2 Å². The van der Waals surface area contributed by atoms with Crippen molar-refractivity contribution >= 4 is 0 Å². The topological polar surface area (TPSA) is 44.5 Å². The third-order valence-corrected chi connectivity index (χ3v) is 1.25. The van der Waals surface area contributed by atoms with E-state index in [-0.39, 0.29) is 5.75 Å². The van der Waals surface area contributed by atoms with Gasteiger partial charge in [0.25, 0.3) is 6.41 Å². The molecule has 1 aromatic rings. The highest BCUT2D eigenvalue weighted by Gasteiger charge is 2.05. The van der Waals surface area contributed by atoms with Gasteiger partial charge in [-0.1, -0.05) is 6.07 Å². The molecule has 1 unspecified atom stereocenters. The summed E-state index contributed by atoms with van der Waals surface area (Å²) in [5.41, 5.74) is 5.25. The van der Waals surface area contributed by atoms with Crippen molar-refractivity contribution in [2.75, 3.05) is 7.11 Å². The van der Waals surface area contributed by atoms with Gasteiger partial charge in [0.05, 0.1) is 0 Å². The Hall–Kier alpha value is -1.13. The zero-order valence-corrected chi connectivity index (χ0v) is 6.58. The summed E-state index contributed by atoms with van der Waals surface area (Å²) in [6.45, 7) is 0. The Morgan fingerprint density at radius 1 is 1.67 bits per heavy atom. The molecule has 0 aliphatic heterocycles. The molecule has 0 aromatic heterocycles. The fourth-order valence-electron chi connectivity index (χ4n) is 0.665. The van der Waals surface area contributed by atoms with Gasteiger partial charge in [-0.25, -0.2) is 4.39 Å². The van der Waals surface area contributed by atoms with E-state index in [0.717, 1.165) is 6.07 Å². The van der Waals surface area contributed by atoms with Crippen molar-refractivity contribution in [3.8, 4) is 5.75 Å². The SMILES string of the molecule is COC(N)Oc1cc[c]cc1F. The van der Waals surface area contributed by atoms with Crippen LogP contribution in [0.5, 0.6) is 5.75 Å². The van der Waals surface area contributed by atoms with Gasteiger partial charge < -0.3 is 9.47 Å². The van der Waals surface area contributed by atoms with E-state index in [4.69, 9.17) is 10.5 Å². The zero-order chi connectivity index (χ0) is 8.97. The first-order chi connectivity index (χ1) is 5.74. The van der Waals surface area contributed by atoms with Crippen molar-refractivity contribution in [1.82, 2.24) is 0 Å². The van der Waals surface area contributed by atoms with Crippen LogP contribution in [0, 0.1) is 11.9 Å². The summed E-state index contributed by atoms with van der Waals surface area (Å²) in [6, 6.07) is 6.67. The van der Waals surface area contributed by atoms with Crippen molar-refractivity contribution in [1.29, 1.82) is 0 Å². The minimum Gasteiger partial charge on any atom is -0.448 e. The van der Waals surface area contributed by atoms with Crippen molar-refractivity contribution in [2.45, 2.75) is 6.41 Å². The molecule has 65 valence electrons. The van der Waals surface area contributed by atoms with Crippen LogP contribution in [0.4, 0.5) is 4.39 Å². The molecule has 4 heteroatoms. The molecule has 3 nitrogen and oxygen atoms in total. The van der Waals surface area contributed by atoms with Gasteiger partial charge in [0.15, 0.2) is 11.6 Å². The summed E-state index contributed by atoms with van der Waals surface area (Å²) in [5.74, 6) is -0.451. The molecule has 0 saturated heterocycles. The number of hydrogen-bond donors (Lipinski definition) is 1. The first-order valence-corrected chi connectivity index (χ1v) is 3.34. The van der Waals surface area contributed by atoms with E-state index in [1.807, 2.05) is 0 Å². The van der Waals surface area contributed by atoms with Gasteiger partial charge in [0, 0.05) is 7.11 Å². The number of ether oxygens (including phenoxy) is 2. The van der Waals surface area contributed by atoms with E-state index in [2.05, 4.69) is 10.8 Å². The maximum Gasteiger partial charge on any atom is 0.256 e. The fourth-order valence-corrected chi connectivity index (χ4v) is 0.665. The van der Waals surface area contributed by atoms with Crippen LogP contribution < -0.4 is 10.5 Å². The summed E-state index contributed by atoms with van der Waals surface area (Å²) in [5, 5.41) is 0. The smallest absolute Gasteiger partial charge is 0.256 e. The Morgan fingerprint density at radius 2 is 2.42 bits per heavy atom. The summed E-state index contributed by atoms with van der Waals surface area (Å²) in [7, 11) is 1.37. The Kier molecular flexibility index (Phi) is 3.01. The molecule has 0 heterocycles. The summed E-state index contributed by atoms with van der Waals surface area (Å²) >= 11 is 0. The quantitative estimate of drug-likeness (QED) is 0.685. The first-order valence-electron chi connectivity index (χ1n) is 3.34. The number of rotatable bonds is 3. The molecule has 0 spiro atoms. The van der Waals surface area contributed by atoms with Crippen LogP contribution in [0.3, 0.4) is 0 Å². The highest BCUT2D eigenvalue weighted by Crippen LogP contribution is 2.15. The average Bonchev–Trinajstić information content (AvgIpc) is 2.09. The highest BCUT2D eigenvalue weighted by molar-refractivity contribution is 5.22. The van der Waals surface area contributed by atoms with Gasteiger partial charge in [-0.05, 0) is 18.2 Å². The van der Waals surface area contributed by atoms with E-state index in [1.54, 1.807) is 0 Å². The highest BCUT2D eigenvalue weighted by atomic mass is 19.1. The van der Waals surface area contributed by atoms with Crippen LogP contribution in [0.25, 0.3) is 0 Å². The van der Waals surface area contributed by atoms with E-state index in [9.17, 15) is 4.39 Å². The third kappa shape index (κ3) is 2.18. The van der Waals surface area contributed by atoms with Crippen LogP contribution in [-0.2, 0) is 4.74 Å². The number of benzene rings is 1. The van der Waals surface area contributed by atoms with Crippen molar-refractivity contribution in [3.05, 3.63) is 30.1 Å². The standard InChI is InChI=1S/C8H9FNO2/c1-11-8(10)12-7-5-3-2-4-6(7)9/h3-5,8H,10H2,1H3. The largest absolute Gasteiger partial charge is 0.448 e. The van der Waals surface area contributed by atoms with Gasteiger partial charge in [-0.3, -0.25) is 5.73 Å². The van der Waals surface area contributed by atoms with E-state index in [0.29, 0.717) is 0 Å². The predicted molar refractivity (Wildman–Crippen MR) is 40.8 cm³/mol. The van der Waals surface area contributed by atoms with Gasteiger partial charge in [-0.2, -0.15) is 0 Å². The predicted octanol–water partition coefficient (Wildman–Crippen LogP) is 0.893. The number of methoxy groups -OCH3 is 1. The molecule has 1 aromatic carbocycles. The van der Waals surface area contributed by atoms with Crippen LogP contribution in [0.15, 0.2) is 18.2 Å². The van der Waals surface area contributed by atoms with Crippen molar-refractivity contribution in [3.63, 3.8) is 0 Å². The van der Waals surface area contributed by atoms with E-state index >= 15 is 0 Å². The van der Waals surface area contributed by atoms with Crippen LogP contribution >= 0.6 is 0 Å². The third-order valence-electron chi connectivity index (χ3n) is 1.25. The van der Waals surface area contributed by atoms with Gasteiger partial charge in [0.2, 0.25) is 0 Å². The number of hydrogen-bond acceptors (Lipinski definition) is 3. The van der Waals surface area contributed by atoms with Gasteiger partial charge >= 0.3 is 0 Å². The second-order valence-electron chi connectivity index (χ2n) is 2.08.